The summed E-state index contributed by atoms with van der Waals surface area (Å²) in [4.78, 5) is 24.2. The molecule has 0 aliphatic rings. The van der Waals surface area contributed by atoms with Crippen molar-refractivity contribution in [2.24, 2.45) is 0 Å². The van der Waals surface area contributed by atoms with Crippen molar-refractivity contribution in [3.63, 3.8) is 0 Å². The quantitative estimate of drug-likeness (QED) is 0.681. The lowest BCUT2D eigenvalue weighted by Gasteiger charge is -2.12. The van der Waals surface area contributed by atoms with Crippen LogP contribution in [0.5, 0.6) is 0 Å². The van der Waals surface area contributed by atoms with Crippen LogP contribution in [0.15, 0.2) is 53.4 Å². The van der Waals surface area contributed by atoms with Crippen LogP contribution in [0.2, 0.25) is 5.02 Å². The summed E-state index contributed by atoms with van der Waals surface area (Å²) in [6.07, 6.45) is 0. The van der Waals surface area contributed by atoms with Crippen molar-refractivity contribution in [1.82, 2.24) is 14.9 Å². The van der Waals surface area contributed by atoms with Crippen LogP contribution >= 0.6 is 11.6 Å². The SMILES string of the molecule is CN(C)S(=O)(=O)c1cccc(C(=O)NCCNC(=O)c2ccc(Cl)cc2)c1. The molecule has 9 heteroatoms. The number of benzene rings is 2. The van der Waals surface area contributed by atoms with Gasteiger partial charge in [0.05, 0.1) is 4.90 Å². The van der Waals surface area contributed by atoms with Crippen LogP contribution in [0, 0.1) is 0 Å². The van der Waals surface area contributed by atoms with Gasteiger partial charge in [0.1, 0.15) is 0 Å². The topological polar surface area (TPSA) is 95.6 Å². The van der Waals surface area contributed by atoms with Gasteiger partial charge in [-0.2, -0.15) is 0 Å². The number of nitrogens with zero attached hydrogens (tertiary/aromatic N) is 1. The lowest BCUT2D eigenvalue weighted by molar-refractivity contribution is 0.0927. The first-order valence-electron chi connectivity index (χ1n) is 8.06. The lowest BCUT2D eigenvalue weighted by Crippen LogP contribution is -2.34. The fourth-order valence-electron chi connectivity index (χ4n) is 2.17. The van der Waals surface area contributed by atoms with E-state index in [1.54, 1.807) is 24.3 Å². The van der Waals surface area contributed by atoms with Crippen LogP contribution in [0.4, 0.5) is 0 Å². The summed E-state index contributed by atoms with van der Waals surface area (Å²) >= 11 is 5.77. The van der Waals surface area contributed by atoms with Crippen molar-refractivity contribution >= 4 is 33.4 Å². The molecule has 27 heavy (non-hydrogen) atoms. The average molecular weight is 410 g/mol. The second-order valence-electron chi connectivity index (χ2n) is 5.83. The zero-order chi connectivity index (χ0) is 20.0. The number of rotatable bonds is 7. The van der Waals surface area contributed by atoms with Crippen LogP contribution in [-0.2, 0) is 10.0 Å². The summed E-state index contributed by atoms with van der Waals surface area (Å²) < 4.78 is 25.4. The van der Waals surface area contributed by atoms with Crippen molar-refractivity contribution in [1.29, 1.82) is 0 Å². The van der Waals surface area contributed by atoms with Gasteiger partial charge in [-0.05, 0) is 42.5 Å². The number of nitrogens with one attached hydrogen (secondary N) is 2. The molecule has 0 aliphatic carbocycles. The molecule has 2 rings (SSSR count). The Bertz CT molecular complexity index is 928. The van der Waals surface area contributed by atoms with Gasteiger partial charge in [-0.1, -0.05) is 17.7 Å². The summed E-state index contributed by atoms with van der Waals surface area (Å²) in [5.41, 5.74) is 0.689. The molecular formula is C18H20ClN3O4S. The first-order valence-corrected chi connectivity index (χ1v) is 9.88. The summed E-state index contributed by atoms with van der Waals surface area (Å²) in [5, 5.41) is 5.86. The second-order valence-corrected chi connectivity index (χ2v) is 8.42. The molecule has 0 atom stereocenters. The van der Waals surface area contributed by atoms with Crippen molar-refractivity contribution in [2.45, 2.75) is 4.90 Å². The summed E-state index contributed by atoms with van der Waals surface area (Å²) in [5.74, 6) is -0.702. The zero-order valence-electron chi connectivity index (χ0n) is 14.9. The molecule has 0 spiro atoms. The van der Waals surface area contributed by atoms with Gasteiger partial charge in [-0.15, -0.1) is 0 Å². The number of sulfonamides is 1. The third-order valence-corrected chi connectivity index (χ3v) is 5.74. The van der Waals surface area contributed by atoms with Gasteiger partial charge in [0.2, 0.25) is 10.0 Å². The zero-order valence-corrected chi connectivity index (χ0v) is 16.5. The molecule has 0 radical (unpaired) electrons. The van der Waals surface area contributed by atoms with E-state index in [0.717, 1.165) is 4.31 Å². The monoisotopic (exact) mass is 409 g/mol. The molecule has 0 saturated heterocycles. The Morgan fingerprint density at radius 3 is 2.04 bits per heavy atom. The van der Waals surface area contributed by atoms with Crippen LogP contribution in [0.1, 0.15) is 20.7 Å². The number of carbonyl (C=O) groups is 2. The maximum absolute atomic E-state index is 12.2. The molecule has 0 heterocycles. The third-order valence-electron chi connectivity index (χ3n) is 3.68. The minimum atomic E-state index is -3.62. The Labute approximate surface area is 163 Å². The molecule has 2 N–H and O–H groups in total. The van der Waals surface area contributed by atoms with Gasteiger partial charge in [-0.3, -0.25) is 9.59 Å². The summed E-state index contributed by atoms with van der Waals surface area (Å²) in [7, 11) is -0.772. The van der Waals surface area contributed by atoms with Gasteiger partial charge >= 0.3 is 0 Å². The van der Waals surface area contributed by atoms with Crippen molar-refractivity contribution in [3.8, 4) is 0 Å². The van der Waals surface area contributed by atoms with E-state index in [4.69, 9.17) is 11.6 Å². The molecule has 0 unspecified atom stereocenters. The fourth-order valence-corrected chi connectivity index (χ4v) is 3.24. The highest BCUT2D eigenvalue weighted by molar-refractivity contribution is 7.89. The van der Waals surface area contributed by atoms with Crippen molar-refractivity contribution < 1.29 is 18.0 Å². The first-order chi connectivity index (χ1) is 12.7. The second kappa shape index (κ2) is 8.98. The molecule has 0 bridgehead atoms. The molecule has 0 aliphatic heterocycles. The predicted octanol–water partition coefficient (Wildman–Crippen LogP) is 1.75. The number of halogens is 1. The van der Waals surface area contributed by atoms with Gasteiger partial charge < -0.3 is 10.6 Å². The van der Waals surface area contributed by atoms with E-state index in [1.807, 2.05) is 0 Å². The van der Waals surface area contributed by atoms with Gasteiger partial charge in [0.25, 0.3) is 11.8 Å². The molecule has 0 aromatic heterocycles. The van der Waals surface area contributed by atoms with E-state index >= 15 is 0 Å². The highest BCUT2D eigenvalue weighted by Crippen LogP contribution is 2.14. The van der Waals surface area contributed by atoms with Gasteiger partial charge in [0.15, 0.2) is 0 Å². The molecule has 2 amide bonds. The molecule has 2 aromatic rings. The molecule has 0 fully saturated rings. The number of amides is 2. The van der Waals surface area contributed by atoms with Gasteiger partial charge in [0, 0.05) is 43.3 Å². The third kappa shape index (κ3) is 5.53. The minimum absolute atomic E-state index is 0.0381. The highest BCUT2D eigenvalue weighted by Gasteiger charge is 2.18. The minimum Gasteiger partial charge on any atom is -0.350 e. The van der Waals surface area contributed by atoms with E-state index in [1.165, 1.54) is 38.4 Å². The number of carbonyl (C=O) groups excluding carboxylic acids is 2. The summed E-state index contributed by atoms with van der Waals surface area (Å²) in [6.45, 7) is 0.422. The van der Waals surface area contributed by atoms with Crippen LogP contribution in [0.3, 0.4) is 0 Å². The van der Waals surface area contributed by atoms with Gasteiger partial charge in [-0.25, -0.2) is 12.7 Å². The maximum Gasteiger partial charge on any atom is 0.251 e. The standard InChI is InChI=1S/C18H20ClN3O4S/c1-22(2)27(25,26)16-5-3-4-14(12-16)18(24)21-11-10-20-17(23)13-6-8-15(19)9-7-13/h3-9,12H,10-11H2,1-2H3,(H,20,23)(H,21,24). The van der Waals surface area contributed by atoms with Crippen molar-refractivity contribution in [3.05, 3.63) is 64.7 Å². The Kier molecular flexibility index (Phi) is 6.95. The molecule has 144 valence electrons. The van der Waals surface area contributed by atoms with E-state index in [9.17, 15) is 18.0 Å². The van der Waals surface area contributed by atoms with E-state index in [0.29, 0.717) is 10.6 Å². The normalized spacial score (nSPS) is 11.3. The fraction of sp³-hybridized carbons (Fsp3) is 0.222. The van der Waals surface area contributed by atoms with Crippen LogP contribution < -0.4 is 10.6 Å². The van der Waals surface area contributed by atoms with Crippen LogP contribution in [0.25, 0.3) is 0 Å². The van der Waals surface area contributed by atoms with Crippen molar-refractivity contribution in [2.75, 3.05) is 27.2 Å². The Balaban J connectivity index is 1.89. The molecule has 0 saturated carbocycles. The molecule has 7 nitrogen and oxygen atoms in total. The number of hydrogen-bond acceptors (Lipinski definition) is 4. The Morgan fingerprint density at radius 1 is 0.926 bits per heavy atom. The predicted molar refractivity (Wildman–Crippen MR) is 103 cm³/mol. The maximum atomic E-state index is 12.2. The smallest absolute Gasteiger partial charge is 0.251 e. The largest absolute Gasteiger partial charge is 0.350 e. The van der Waals surface area contributed by atoms with Crippen LogP contribution in [-0.4, -0.2) is 51.7 Å². The number of hydrogen-bond donors (Lipinski definition) is 2. The highest BCUT2D eigenvalue weighted by atomic mass is 35.5. The molecule has 2 aromatic carbocycles. The average Bonchev–Trinajstić information content (AvgIpc) is 2.65. The molecular weight excluding hydrogens is 390 g/mol. The first kappa shape index (κ1) is 20.9. The Hall–Kier alpha value is -2.42. The van der Waals surface area contributed by atoms with E-state index in [2.05, 4.69) is 10.6 Å². The Morgan fingerprint density at radius 2 is 1.48 bits per heavy atom. The van der Waals surface area contributed by atoms with E-state index in [-0.39, 0.29) is 29.5 Å². The summed E-state index contributed by atoms with van der Waals surface area (Å²) in [6, 6.07) is 12.2. The van der Waals surface area contributed by atoms with E-state index < -0.39 is 15.9 Å². The lowest BCUT2D eigenvalue weighted by atomic mass is 10.2.